The number of hydrogen-bond acceptors (Lipinski definition) is 9. The molecule has 3 amide bonds. The second-order valence-corrected chi connectivity index (χ2v) is 12.8. The summed E-state index contributed by atoms with van der Waals surface area (Å²) in [4.78, 5) is 38.5. The molecule has 0 spiro atoms. The van der Waals surface area contributed by atoms with E-state index in [1.807, 2.05) is 0 Å². The standard InChI is InChI=1S/C29H29Cl2N7O5S/c30-22-8-10-24(11-9-22)38(26-7-1-2-14-32-26)28(40)37(44(42,43)25-6-3-5-23(31)19-25)20-21-12-17-36(18-13-21)29(27(39)35-41)33-15-4-16-34-29/h1-11,14-16,19,21,33,41H,12-13,17-18,20H2,(H,35,39). The molecule has 2 aromatic carbocycles. The molecular formula is C29H29Cl2N7O5S. The number of nitrogens with one attached hydrogen (secondary N) is 2. The maximum absolute atomic E-state index is 14.4. The lowest BCUT2D eigenvalue weighted by molar-refractivity contribution is -0.145. The molecule has 3 aromatic rings. The monoisotopic (exact) mass is 657 g/mol. The van der Waals surface area contributed by atoms with E-state index in [2.05, 4.69) is 15.3 Å². The third-order valence-corrected chi connectivity index (χ3v) is 9.62. The molecule has 2 aliphatic rings. The fraction of sp³-hybridized carbons (Fsp3) is 0.241. The average Bonchev–Trinajstić information content (AvgIpc) is 3.05. The number of anilines is 2. The number of sulfonamides is 1. The molecule has 230 valence electrons. The fourth-order valence-electron chi connectivity index (χ4n) is 5.15. The van der Waals surface area contributed by atoms with Crippen molar-refractivity contribution in [2.45, 2.75) is 23.5 Å². The van der Waals surface area contributed by atoms with Crippen LogP contribution in [-0.2, 0) is 14.8 Å². The van der Waals surface area contributed by atoms with Gasteiger partial charge in [-0.3, -0.25) is 14.9 Å². The number of rotatable bonds is 8. The van der Waals surface area contributed by atoms with Gasteiger partial charge in [-0.2, -0.15) is 0 Å². The number of pyridine rings is 1. The highest BCUT2D eigenvalue weighted by atomic mass is 35.5. The summed E-state index contributed by atoms with van der Waals surface area (Å²) in [6.07, 6.45) is 6.97. The normalized spacial score (nSPS) is 18.8. The highest BCUT2D eigenvalue weighted by Crippen LogP contribution is 2.32. The molecular weight excluding hydrogens is 629 g/mol. The molecule has 0 aliphatic carbocycles. The van der Waals surface area contributed by atoms with E-state index in [4.69, 9.17) is 23.2 Å². The van der Waals surface area contributed by atoms with E-state index in [0.29, 0.717) is 36.6 Å². The Morgan fingerprint density at radius 2 is 1.80 bits per heavy atom. The van der Waals surface area contributed by atoms with Crippen LogP contribution in [0.4, 0.5) is 16.3 Å². The number of piperidine rings is 1. The molecule has 3 N–H and O–H groups in total. The van der Waals surface area contributed by atoms with Crippen molar-refractivity contribution in [3.05, 3.63) is 95.2 Å². The highest BCUT2D eigenvalue weighted by Gasteiger charge is 2.46. The van der Waals surface area contributed by atoms with Gasteiger partial charge in [-0.15, -0.1) is 0 Å². The van der Waals surface area contributed by atoms with Crippen LogP contribution in [0.3, 0.4) is 0 Å². The third kappa shape index (κ3) is 6.42. The van der Waals surface area contributed by atoms with Crippen LogP contribution in [0.25, 0.3) is 0 Å². The second-order valence-electron chi connectivity index (χ2n) is 10.1. The molecule has 44 heavy (non-hydrogen) atoms. The molecule has 1 unspecified atom stereocenters. The van der Waals surface area contributed by atoms with E-state index in [1.54, 1.807) is 71.2 Å². The summed E-state index contributed by atoms with van der Waals surface area (Å²) in [5.74, 6) is -2.38. The maximum Gasteiger partial charge on any atom is 0.344 e. The summed E-state index contributed by atoms with van der Waals surface area (Å²) < 4.78 is 29.2. The van der Waals surface area contributed by atoms with Gasteiger partial charge in [0.1, 0.15) is 5.82 Å². The zero-order chi connectivity index (χ0) is 31.3. The molecule has 2 aliphatic heterocycles. The van der Waals surface area contributed by atoms with Gasteiger partial charge in [-0.1, -0.05) is 35.3 Å². The van der Waals surface area contributed by atoms with Crippen molar-refractivity contribution in [2.24, 2.45) is 10.9 Å². The quantitative estimate of drug-likeness (QED) is 0.239. The van der Waals surface area contributed by atoms with Crippen LogP contribution in [0, 0.1) is 5.92 Å². The maximum atomic E-state index is 14.4. The Morgan fingerprint density at radius 1 is 1.05 bits per heavy atom. The highest BCUT2D eigenvalue weighted by molar-refractivity contribution is 7.89. The van der Waals surface area contributed by atoms with Gasteiger partial charge < -0.3 is 5.32 Å². The molecule has 1 atom stereocenters. The van der Waals surface area contributed by atoms with Crippen molar-refractivity contribution in [2.75, 3.05) is 24.5 Å². The number of amides is 3. The lowest BCUT2D eigenvalue weighted by Gasteiger charge is -2.43. The van der Waals surface area contributed by atoms with Crippen LogP contribution in [-0.4, -0.2) is 71.4 Å². The SMILES string of the molecule is O=C(N(c1ccc(Cl)cc1)c1ccccn1)N(CC1CCN(C2(C(=O)NO)N=CC=CN2)CC1)S(=O)(=O)c1cccc(Cl)c1. The van der Waals surface area contributed by atoms with Crippen LogP contribution in [0.5, 0.6) is 0 Å². The van der Waals surface area contributed by atoms with E-state index in [-0.39, 0.29) is 28.2 Å². The van der Waals surface area contributed by atoms with Gasteiger partial charge in [-0.25, -0.2) is 37.9 Å². The number of hydroxylamine groups is 1. The molecule has 0 radical (unpaired) electrons. The van der Waals surface area contributed by atoms with Gasteiger partial charge in [0.05, 0.1) is 10.6 Å². The number of carbonyl (C=O) groups excluding carboxylic acids is 2. The van der Waals surface area contributed by atoms with Crippen molar-refractivity contribution in [3.8, 4) is 0 Å². The topological polar surface area (TPSA) is 148 Å². The van der Waals surface area contributed by atoms with E-state index >= 15 is 0 Å². The van der Waals surface area contributed by atoms with Crippen LogP contribution < -0.4 is 15.7 Å². The van der Waals surface area contributed by atoms with E-state index in [0.717, 1.165) is 4.31 Å². The largest absolute Gasteiger partial charge is 0.347 e. The predicted molar refractivity (Wildman–Crippen MR) is 166 cm³/mol. The van der Waals surface area contributed by atoms with Crippen molar-refractivity contribution in [1.82, 2.24) is 25.0 Å². The minimum atomic E-state index is -4.41. The van der Waals surface area contributed by atoms with E-state index in [1.165, 1.54) is 35.5 Å². The number of halogens is 2. The lowest BCUT2D eigenvalue weighted by Crippen LogP contribution is -2.66. The van der Waals surface area contributed by atoms with Crippen molar-refractivity contribution < 1.29 is 23.2 Å². The van der Waals surface area contributed by atoms with Gasteiger partial charge in [0, 0.05) is 48.3 Å². The average molecular weight is 659 g/mol. The number of hydrogen-bond donors (Lipinski definition) is 3. The summed E-state index contributed by atoms with van der Waals surface area (Å²) in [6.45, 7) is 0.474. The molecule has 1 aromatic heterocycles. The molecule has 3 heterocycles. The zero-order valence-electron chi connectivity index (χ0n) is 23.3. The first-order valence-corrected chi connectivity index (χ1v) is 15.8. The van der Waals surface area contributed by atoms with Crippen LogP contribution >= 0.6 is 23.2 Å². The number of carbonyl (C=O) groups is 2. The first-order valence-electron chi connectivity index (χ1n) is 13.6. The minimum absolute atomic E-state index is 0.140. The Labute approximate surface area is 264 Å². The Kier molecular flexibility index (Phi) is 9.51. The Balaban J connectivity index is 1.48. The molecule has 15 heteroatoms. The van der Waals surface area contributed by atoms with Gasteiger partial charge in [0.2, 0.25) is 0 Å². The molecule has 0 saturated carbocycles. The third-order valence-electron chi connectivity index (χ3n) is 7.39. The molecule has 0 bridgehead atoms. The summed E-state index contributed by atoms with van der Waals surface area (Å²) in [7, 11) is -4.41. The Bertz CT molecular complexity index is 1670. The van der Waals surface area contributed by atoms with Crippen LogP contribution in [0.2, 0.25) is 10.0 Å². The summed E-state index contributed by atoms with van der Waals surface area (Å²) in [6, 6.07) is 16.3. The number of likely N-dealkylation sites (tertiary alicyclic amines) is 1. The number of urea groups is 1. The fourth-order valence-corrected chi connectivity index (χ4v) is 7.01. The number of nitrogens with zero attached hydrogens (tertiary/aromatic N) is 5. The van der Waals surface area contributed by atoms with E-state index in [9.17, 15) is 23.2 Å². The van der Waals surface area contributed by atoms with Crippen LogP contribution in [0.1, 0.15) is 12.8 Å². The Morgan fingerprint density at radius 3 is 2.41 bits per heavy atom. The zero-order valence-corrected chi connectivity index (χ0v) is 25.6. The first-order chi connectivity index (χ1) is 21.2. The first kappa shape index (κ1) is 31.4. The second kappa shape index (κ2) is 13.3. The lowest BCUT2D eigenvalue weighted by atomic mass is 9.95. The van der Waals surface area contributed by atoms with Gasteiger partial charge in [-0.05, 0) is 79.4 Å². The molecule has 1 saturated heterocycles. The predicted octanol–water partition coefficient (Wildman–Crippen LogP) is 4.40. The number of aromatic nitrogens is 1. The van der Waals surface area contributed by atoms with Crippen molar-refractivity contribution in [1.29, 1.82) is 0 Å². The summed E-state index contributed by atoms with van der Waals surface area (Å²) >= 11 is 12.3. The molecule has 5 rings (SSSR count). The van der Waals surface area contributed by atoms with Crippen molar-refractivity contribution >= 4 is 62.9 Å². The number of allylic oxidation sites excluding steroid dienone is 1. The van der Waals surface area contributed by atoms with Crippen LogP contribution in [0.15, 0.2) is 95.1 Å². The van der Waals surface area contributed by atoms with Gasteiger partial charge in [0.15, 0.2) is 0 Å². The molecule has 12 nitrogen and oxygen atoms in total. The molecule has 1 fully saturated rings. The van der Waals surface area contributed by atoms with Gasteiger partial charge >= 0.3 is 11.9 Å². The minimum Gasteiger partial charge on any atom is -0.347 e. The number of aliphatic imine (C=N–C) groups is 1. The Hall–Kier alpha value is -4.01. The summed E-state index contributed by atoms with van der Waals surface area (Å²) in [5, 5.41) is 12.9. The number of benzene rings is 2. The van der Waals surface area contributed by atoms with E-state index < -0.39 is 27.7 Å². The van der Waals surface area contributed by atoms with Gasteiger partial charge in [0.25, 0.3) is 15.8 Å². The van der Waals surface area contributed by atoms with Crippen molar-refractivity contribution in [3.63, 3.8) is 0 Å². The smallest absolute Gasteiger partial charge is 0.344 e. The summed E-state index contributed by atoms with van der Waals surface area (Å²) in [5.41, 5.74) is 2.03.